The average Bonchev–Trinajstić information content (AvgIpc) is 2.13. The van der Waals surface area contributed by atoms with Gasteiger partial charge in [0, 0.05) is 6.42 Å². The van der Waals surface area contributed by atoms with Gasteiger partial charge in [0.2, 0.25) is 0 Å². The van der Waals surface area contributed by atoms with E-state index in [1.165, 1.54) is 0 Å². The van der Waals surface area contributed by atoms with E-state index in [0.29, 0.717) is 32.7 Å². The lowest BCUT2D eigenvalue weighted by atomic mass is 10.4. The largest absolute Gasteiger partial charge is 0.378 e. The summed E-state index contributed by atoms with van der Waals surface area (Å²) in [5, 5.41) is 8.22. The molecule has 0 aromatic carbocycles. The molecule has 0 aliphatic heterocycles. The molecule has 0 aliphatic rings. The van der Waals surface area contributed by atoms with Crippen LogP contribution in [0.1, 0.15) is 19.8 Å². The highest BCUT2D eigenvalue weighted by Gasteiger charge is 2.00. The Morgan fingerprint density at radius 3 is 2.77 bits per heavy atom. The Labute approximate surface area is 79.6 Å². The Morgan fingerprint density at radius 1 is 1.38 bits per heavy atom. The summed E-state index contributed by atoms with van der Waals surface area (Å²) in [5.41, 5.74) is 0. The maximum absolute atomic E-state index is 8.22. The number of terminal acetylenes is 1. The van der Waals surface area contributed by atoms with E-state index in [1.54, 1.807) is 0 Å². The second-order valence-electron chi connectivity index (χ2n) is 2.62. The Hall–Kier alpha value is -1.03. The van der Waals surface area contributed by atoms with Crippen LogP contribution in [-0.4, -0.2) is 25.9 Å². The van der Waals surface area contributed by atoms with Gasteiger partial charge >= 0.3 is 0 Å². The molecular weight excluding hydrogens is 166 g/mol. The lowest BCUT2D eigenvalue weighted by Gasteiger charge is -2.11. The standard InChI is InChI=1S/C10H15NO2/c1-3-4-8-13-10(2)9-12-7-5-6-11/h1,10H,4-5,7-9H2,2H3. The first-order valence-corrected chi connectivity index (χ1v) is 4.31. The number of nitriles is 1. The Morgan fingerprint density at radius 2 is 2.15 bits per heavy atom. The molecule has 0 fully saturated rings. The van der Waals surface area contributed by atoms with E-state index in [2.05, 4.69) is 5.92 Å². The van der Waals surface area contributed by atoms with Crippen LogP contribution in [0.2, 0.25) is 0 Å². The van der Waals surface area contributed by atoms with Gasteiger partial charge in [-0.25, -0.2) is 0 Å². The fourth-order valence-electron chi connectivity index (χ4n) is 0.734. The van der Waals surface area contributed by atoms with Crippen LogP contribution in [-0.2, 0) is 9.47 Å². The van der Waals surface area contributed by atoms with E-state index < -0.39 is 0 Å². The molecule has 0 aromatic heterocycles. The minimum absolute atomic E-state index is 0.0482. The van der Waals surface area contributed by atoms with Gasteiger partial charge in [0.05, 0.1) is 38.4 Å². The lowest BCUT2D eigenvalue weighted by Crippen LogP contribution is -2.16. The molecule has 1 atom stereocenters. The van der Waals surface area contributed by atoms with Gasteiger partial charge in [-0.05, 0) is 6.92 Å². The topological polar surface area (TPSA) is 42.2 Å². The van der Waals surface area contributed by atoms with Crippen molar-refractivity contribution in [2.45, 2.75) is 25.9 Å². The molecule has 3 heteroatoms. The first-order valence-electron chi connectivity index (χ1n) is 4.31. The molecule has 0 aliphatic carbocycles. The van der Waals surface area contributed by atoms with Crippen LogP contribution >= 0.6 is 0 Å². The van der Waals surface area contributed by atoms with Crippen LogP contribution in [0, 0.1) is 23.7 Å². The molecule has 0 rings (SSSR count). The van der Waals surface area contributed by atoms with Crippen LogP contribution in [0.25, 0.3) is 0 Å². The SMILES string of the molecule is C#CCCOC(C)COCCC#N. The molecule has 0 radical (unpaired) electrons. The van der Waals surface area contributed by atoms with Crippen LogP contribution < -0.4 is 0 Å². The number of nitrogens with zero attached hydrogens (tertiary/aromatic N) is 1. The molecule has 3 nitrogen and oxygen atoms in total. The zero-order valence-corrected chi connectivity index (χ0v) is 7.95. The van der Waals surface area contributed by atoms with E-state index in [1.807, 2.05) is 13.0 Å². The van der Waals surface area contributed by atoms with Gasteiger partial charge in [0.25, 0.3) is 0 Å². The van der Waals surface area contributed by atoms with Crippen LogP contribution in [0.15, 0.2) is 0 Å². The van der Waals surface area contributed by atoms with Gasteiger partial charge in [-0.1, -0.05) is 0 Å². The molecule has 0 amide bonds. The van der Waals surface area contributed by atoms with Crippen LogP contribution in [0.4, 0.5) is 0 Å². The second-order valence-corrected chi connectivity index (χ2v) is 2.62. The molecule has 0 spiro atoms. The number of hydrogen-bond acceptors (Lipinski definition) is 3. The summed E-state index contributed by atoms with van der Waals surface area (Å²) in [6.07, 6.45) is 6.16. The van der Waals surface area contributed by atoms with Crippen molar-refractivity contribution in [2.75, 3.05) is 19.8 Å². The fraction of sp³-hybridized carbons (Fsp3) is 0.700. The first kappa shape index (κ1) is 12.0. The molecule has 72 valence electrons. The van der Waals surface area contributed by atoms with Gasteiger partial charge in [0.1, 0.15) is 0 Å². The van der Waals surface area contributed by atoms with Crippen molar-refractivity contribution < 1.29 is 9.47 Å². The van der Waals surface area contributed by atoms with E-state index in [0.717, 1.165) is 0 Å². The van der Waals surface area contributed by atoms with Crippen molar-refractivity contribution in [3.05, 3.63) is 0 Å². The summed E-state index contributed by atoms with van der Waals surface area (Å²) in [6.45, 7) is 3.48. The third-order valence-electron chi connectivity index (χ3n) is 1.36. The smallest absolute Gasteiger partial charge is 0.0780 e. The second kappa shape index (κ2) is 9.06. The highest BCUT2D eigenvalue weighted by molar-refractivity contribution is 4.82. The van der Waals surface area contributed by atoms with Crippen molar-refractivity contribution in [1.82, 2.24) is 0 Å². The minimum Gasteiger partial charge on any atom is -0.378 e. The van der Waals surface area contributed by atoms with E-state index in [4.69, 9.17) is 21.2 Å². The predicted molar refractivity (Wildman–Crippen MR) is 49.9 cm³/mol. The molecule has 0 saturated heterocycles. The van der Waals surface area contributed by atoms with Crippen molar-refractivity contribution in [2.24, 2.45) is 0 Å². The lowest BCUT2D eigenvalue weighted by molar-refractivity contribution is -0.00300. The highest BCUT2D eigenvalue weighted by atomic mass is 16.5. The van der Waals surface area contributed by atoms with Gasteiger partial charge in [-0.3, -0.25) is 0 Å². The molecule has 0 saturated carbocycles. The summed E-state index contributed by atoms with van der Waals surface area (Å²) in [4.78, 5) is 0. The highest BCUT2D eigenvalue weighted by Crippen LogP contribution is 1.93. The Kier molecular flexibility index (Phi) is 8.34. The van der Waals surface area contributed by atoms with Crippen molar-refractivity contribution >= 4 is 0 Å². The van der Waals surface area contributed by atoms with Crippen molar-refractivity contribution in [3.63, 3.8) is 0 Å². The molecule has 0 N–H and O–H groups in total. The number of hydrogen-bond donors (Lipinski definition) is 0. The zero-order chi connectivity index (χ0) is 9.94. The van der Waals surface area contributed by atoms with Crippen LogP contribution in [0.5, 0.6) is 0 Å². The summed E-state index contributed by atoms with van der Waals surface area (Å²) >= 11 is 0. The maximum Gasteiger partial charge on any atom is 0.0780 e. The third kappa shape index (κ3) is 8.88. The summed E-state index contributed by atoms with van der Waals surface area (Å²) in [5.74, 6) is 2.49. The van der Waals surface area contributed by atoms with Crippen LogP contribution in [0.3, 0.4) is 0 Å². The number of ether oxygens (including phenoxy) is 2. The van der Waals surface area contributed by atoms with Gasteiger partial charge < -0.3 is 9.47 Å². The maximum atomic E-state index is 8.22. The fourth-order valence-corrected chi connectivity index (χ4v) is 0.734. The number of rotatable bonds is 7. The normalized spacial score (nSPS) is 11.6. The van der Waals surface area contributed by atoms with Gasteiger partial charge in [0.15, 0.2) is 0 Å². The summed E-state index contributed by atoms with van der Waals surface area (Å²) in [7, 11) is 0. The minimum atomic E-state index is 0.0482. The van der Waals surface area contributed by atoms with E-state index in [9.17, 15) is 0 Å². The van der Waals surface area contributed by atoms with Gasteiger partial charge in [-0.15, -0.1) is 12.3 Å². The van der Waals surface area contributed by atoms with E-state index >= 15 is 0 Å². The average molecular weight is 181 g/mol. The monoisotopic (exact) mass is 181 g/mol. The van der Waals surface area contributed by atoms with E-state index in [-0.39, 0.29) is 6.10 Å². The molecule has 1 unspecified atom stereocenters. The quantitative estimate of drug-likeness (QED) is 0.439. The molecule has 0 aromatic rings. The van der Waals surface area contributed by atoms with Gasteiger partial charge in [-0.2, -0.15) is 5.26 Å². The third-order valence-corrected chi connectivity index (χ3v) is 1.36. The summed E-state index contributed by atoms with van der Waals surface area (Å²) < 4.78 is 10.5. The van der Waals surface area contributed by atoms with Crippen molar-refractivity contribution in [3.8, 4) is 18.4 Å². The Balaban J connectivity index is 3.17. The molecular formula is C10H15NO2. The first-order chi connectivity index (χ1) is 6.31. The summed E-state index contributed by atoms with van der Waals surface area (Å²) in [6, 6.07) is 2.00. The Bertz CT molecular complexity index is 190. The predicted octanol–water partition coefficient (Wildman–Crippen LogP) is 1.35. The zero-order valence-electron chi connectivity index (χ0n) is 7.95. The molecule has 0 bridgehead atoms. The van der Waals surface area contributed by atoms with Crippen molar-refractivity contribution in [1.29, 1.82) is 5.26 Å². The molecule has 13 heavy (non-hydrogen) atoms. The molecule has 0 heterocycles.